The first-order valence-corrected chi connectivity index (χ1v) is 8.13. The van der Waals surface area contributed by atoms with Gasteiger partial charge in [0.2, 0.25) is 0 Å². The number of fused-ring (bicyclic) bond motifs is 1. The summed E-state index contributed by atoms with van der Waals surface area (Å²) in [6.45, 7) is 0. The Morgan fingerprint density at radius 1 is 1.38 bits per heavy atom. The molecule has 8 nitrogen and oxygen atoms in total. The van der Waals surface area contributed by atoms with Gasteiger partial charge < -0.3 is 9.99 Å². The summed E-state index contributed by atoms with van der Waals surface area (Å²) in [4.78, 5) is 11.4. The number of hydrogen-bond donors (Lipinski definition) is 0. The van der Waals surface area contributed by atoms with Crippen LogP contribution in [0.4, 0.5) is 8.78 Å². The first-order chi connectivity index (χ1) is 9.76. The summed E-state index contributed by atoms with van der Waals surface area (Å²) in [5.74, 6) is -2.65. The SMILES string of the molecule is O=C(OC1C2CC3OS(=O)(=O)C1C3C2)C(F)(F)SOO[O-]. The van der Waals surface area contributed by atoms with E-state index < -0.39 is 50.8 Å². The molecule has 2 aliphatic carbocycles. The number of carbonyl (C=O) groups excluding carboxylic acids is 1. The van der Waals surface area contributed by atoms with Crippen molar-refractivity contribution in [3.8, 4) is 0 Å². The van der Waals surface area contributed by atoms with E-state index in [0.29, 0.717) is 12.8 Å². The van der Waals surface area contributed by atoms with Crippen LogP contribution in [-0.4, -0.2) is 37.1 Å². The second-order valence-electron chi connectivity index (χ2n) is 5.09. The molecule has 0 aromatic rings. The van der Waals surface area contributed by atoms with Gasteiger partial charge in [-0.1, -0.05) is 0 Å². The van der Waals surface area contributed by atoms with Gasteiger partial charge >= 0.3 is 11.2 Å². The number of alkyl halides is 2. The van der Waals surface area contributed by atoms with E-state index in [-0.39, 0.29) is 11.8 Å². The number of hydrogen-bond acceptors (Lipinski definition) is 9. The van der Waals surface area contributed by atoms with Gasteiger partial charge in [0.25, 0.3) is 10.1 Å². The van der Waals surface area contributed by atoms with Crippen LogP contribution in [0.1, 0.15) is 12.8 Å². The van der Waals surface area contributed by atoms with Gasteiger partial charge in [0.15, 0.2) is 0 Å². The summed E-state index contributed by atoms with van der Waals surface area (Å²) >= 11 is -0.814. The van der Waals surface area contributed by atoms with Crippen LogP contribution < -0.4 is 5.26 Å². The van der Waals surface area contributed by atoms with Crippen molar-refractivity contribution < 1.29 is 45.5 Å². The quantitative estimate of drug-likeness (QED) is 0.214. The van der Waals surface area contributed by atoms with Crippen molar-refractivity contribution in [1.82, 2.24) is 0 Å². The summed E-state index contributed by atoms with van der Waals surface area (Å²) < 4.78 is 63.2. The third-order valence-corrected chi connectivity index (χ3v) is 6.34. The standard InChI is InChI=1S/C9H10F2O8S2/c10-9(11,20-19-18-13)8(12)16-6-3-1-4-5(2-3)17-21(14,15)7(4)6/h3-7,13H,1-2H2/p-1. The fourth-order valence-electron chi connectivity index (χ4n) is 3.37. The number of ether oxygens (including phenoxy) is 1. The molecule has 0 spiro atoms. The lowest BCUT2D eigenvalue weighted by atomic mass is 9.95. The Bertz CT molecular complexity index is 550. The molecule has 2 saturated carbocycles. The van der Waals surface area contributed by atoms with E-state index in [2.05, 4.69) is 14.1 Å². The minimum absolute atomic E-state index is 0.330. The summed E-state index contributed by atoms with van der Waals surface area (Å²) in [6.07, 6.45) is -0.833. The first-order valence-electron chi connectivity index (χ1n) is 5.91. The third kappa shape index (κ3) is 2.43. The Morgan fingerprint density at radius 2 is 2.10 bits per heavy atom. The number of halogens is 2. The Hall–Kier alpha value is -0.530. The highest BCUT2D eigenvalue weighted by molar-refractivity contribution is 7.96. The normalized spacial score (nSPS) is 39.7. The van der Waals surface area contributed by atoms with Crippen molar-refractivity contribution in [2.75, 3.05) is 0 Å². The van der Waals surface area contributed by atoms with Crippen LogP contribution in [0.15, 0.2) is 0 Å². The van der Waals surface area contributed by atoms with E-state index in [9.17, 15) is 27.3 Å². The van der Waals surface area contributed by atoms with E-state index in [1.807, 2.05) is 0 Å². The molecule has 2 bridgehead atoms. The topological polar surface area (TPSA) is 111 Å². The molecule has 3 fully saturated rings. The number of carbonyl (C=O) groups is 1. The van der Waals surface area contributed by atoms with Gasteiger partial charge in [-0.3, -0.25) is 9.22 Å². The van der Waals surface area contributed by atoms with Gasteiger partial charge in [-0.15, -0.1) is 0 Å². The highest BCUT2D eigenvalue weighted by atomic mass is 32.2. The van der Waals surface area contributed by atoms with Gasteiger partial charge in [-0.25, -0.2) is 4.79 Å². The van der Waals surface area contributed by atoms with Crippen LogP contribution >= 0.6 is 12.0 Å². The molecule has 5 atom stereocenters. The van der Waals surface area contributed by atoms with Gasteiger partial charge in [0.05, 0.1) is 6.10 Å². The molecule has 21 heavy (non-hydrogen) atoms. The molecule has 3 rings (SSSR count). The largest absolute Gasteiger partial charge is 0.691 e. The van der Waals surface area contributed by atoms with Crippen molar-refractivity contribution in [3.63, 3.8) is 0 Å². The van der Waals surface area contributed by atoms with Crippen molar-refractivity contribution in [3.05, 3.63) is 0 Å². The van der Waals surface area contributed by atoms with E-state index in [1.54, 1.807) is 0 Å². The maximum absolute atomic E-state index is 13.3. The van der Waals surface area contributed by atoms with E-state index in [1.165, 1.54) is 0 Å². The smallest absolute Gasteiger partial charge is 0.415 e. The number of esters is 1. The second kappa shape index (κ2) is 4.99. The highest BCUT2D eigenvalue weighted by Gasteiger charge is 2.66. The van der Waals surface area contributed by atoms with Gasteiger partial charge in [0.1, 0.15) is 23.4 Å². The fraction of sp³-hybridized carbons (Fsp3) is 0.889. The third-order valence-electron chi connectivity index (χ3n) is 4.04. The van der Waals surface area contributed by atoms with E-state index in [4.69, 9.17) is 4.18 Å². The Labute approximate surface area is 121 Å². The molecule has 12 heteroatoms. The van der Waals surface area contributed by atoms with Crippen molar-refractivity contribution >= 4 is 28.1 Å². The summed E-state index contributed by atoms with van der Waals surface area (Å²) in [5, 5.41) is 6.96. The molecule has 0 aromatic carbocycles. The summed E-state index contributed by atoms with van der Waals surface area (Å²) in [6, 6.07) is 0. The van der Waals surface area contributed by atoms with E-state index >= 15 is 0 Å². The molecule has 1 heterocycles. The Kier molecular flexibility index (Phi) is 3.65. The maximum Gasteiger partial charge on any atom is 0.415 e. The molecule has 0 N–H and O–H groups in total. The minimum Gasteiger partial charge on any atom is -0.691 e. The maximum atomic E-state index is 13.3. The van der Waals surface area contributed by atoms with Gasteiger partial charge in [0, 0.05) is 11.8 Å². The van der Waals surface area contributed by atoms with Crippen LogP contribution in [0.25, 0.3) is 0 Å². The lowest BCUT2D eigenvalue weighted by Gasteiger charge is -2.26. The van der Waals surface area contributed by atoms with Crippen LogP contribution in [0.3, 0.4) is 0 Å². The molecule has 0 aromatic heterocycles. The summed E-state index contributed by atoms with van der Waals surface area (Å²) in [5.41, 5.74) is 0. The van der Waals surface area contributed by atoms with Gasteiger partial charge in [-0.2, -0.15) is 21.5 Å². The fourth-order valence-corrected chi connectivity index (χ4v) is 5.61. The minimum atomic E-state index is -4.19. The van der Waals surface area contributed by atoms with Crippen LogP contribution in [0.2, 0.25) is 0 Å². The molecule has 5 unspecified atom stereocenters. The van der Waals surface area contributed by atoms with Crippen molar-refractivity contribution in [2.45, 2.75) is 35.6 Å². The highest BCUT2D eigenvalue weighted by Crippen LogP contribution is 2.55. The predicted molar refractivity (Wildman–Crippen MR) is 58.4 cm³/mol. The predicted octanol–water partition coefficient (Wildman–Crippen LogP) is -0.500. The number of rotatable bonds is 5. The zero-order valence-electron chi connectivity index (χ0n) is 10.1. The zero-order chi connectivity index (χ0) is 15.4. The molecule has 0 radical (unpaired) electrons. The average molecular weight is 347 g/mol. The molecule has 0 amide bonds. The van der Waals surface area contributed by atoms with Crippen LogP contribution in [0, 0.1) is 11.8 Å². The van der Waals surface area contributed by atoms with Crippen molar-refractivity contribution in [1.29, 1.82) is 0 Å². The summed E-state index contributed by atoms with van der Waals surface area (Å²) in [7, 11) is -3.92. The molecule has 120 valence electrons. The average Bonchev–Trinajstić information content (AvgIpc) is 2.97. The lowest BCUT2D eigenvalue weighted by Crippen LogP contribution is -2.42. The van der Waals surface area contributed by atoms with Crippen LogP contribution in [0.5, 0.6) is 0 Å². The molecule has 3 aliphatic rings. The van der Waals surface area contributed by atoms with Crippen molar-refractivity contribution in [2.24, 2.45) is 11.8 Å². The monoisotopic (exact) mass is 347 g/mol. The molecule has 1 aliphatic heterocycles. The molecular formula is C9H9F2O8S2-. The van der Waals surface area contributed by atoms with E-state index in [0.717, 1.165) is 0 Å². The molecular weight excluding hydrogens is 338 g/mol. The molecule has 1 saturated heterocycles. The first kappa shape index (κ1) is 15.4. The van der Waals surface area contributed by atoms with Crippen LogP contribution in [-0.2, 0) is 33.2 Å². The lowest BCUT2D eigenvalue weighted by molar-refractivity contribution is -0.777. The second-order valence-corrected chi connectivity index (χ2v) is 7.63. The Morgan fingerprint density at radius 3 is 2.76 bits per heavy atom. The van der Waals surface area contributed by atoms with Gasteiger partial charge in [-0.05, 0) is 12.8 Å². The zero-order valence-corrected chi connectivity index (χ0v) is 11.8. The Balaban J connectivity index is 1.73.